The van der Waals surface area contributed by atoms with E-state index in [0.29, 0.717) is 24.4 Å². The van der Waals surface area contributed by atoms with Crippen LogP contribution in [0.25, 0.3) is 11.2 Å². The summed E-state index contributed by atoms with van der Waals surface area (Å²) in [6.07, 6.45) is 6.47. The number of aromatic nitrogens is 3. The van der Waals surface area contributed by atoms with Crippen LogP contribution in [0.15, 0.2) is 59.3 Å². The Morgan fingerprint density at radius 1 is 1.21 bits per heavy atom. The van der Waals surface area contributed by atoms with E-state index in [0.717, 1.165) is 10.9 Å². The molecule has 1 aliphatic rings. The highest BCUT2D eigenvalue weighted by molar-refractivity contribution is 9.10. The van der Waals surface area contributed by atoms with Crippen molar-refractivity contribution in [3.8, 4) is 0 Å². The lowest BCUT2D eigenvalue weighted by Gasteiger charge is -2.26. The van der Waals surface area contributed by atoms with Gasteiger partial charge in [-0.25, -0.2) is 9.50 Å². The summed E-state index contributed by atoms with van der Waals surface area (Å²) in [6.45, 7) is 1.30. The fourth-order valence-electron chi connectivity index (χ4n) is 2.89. The molecule has 1 aliphatic heterocycles. The van der Waals surface area contributed by atoms with Crippen molar-refractivity contribution >= 4 is 33.1 Å². The first-order valence-corrected chi connectivity index (χ1v) is 8.55. The number of nitrogens with zero attached hydrogens (tertiary/aromatic N) is 4. The minimum absolute atomic E-state index is 0.0556. The van der Waals surface area contributed by atoms with E-state index in [4.69, 9.17) is 0 Å². The second-order valence-electron chi connectivity index (χ2n) is 5.70. The zero-order chi connectivity index (χ0) is 16.5. The normalized spacial score (nSPS) is 14.7. The van der Waals surface area contributed by atoms with Gasteiger partial charge in [0.1, 0.15) is 0 Å². The number of rotatable bonds is 2. The summed E-state index contributed by atoms with van der Waals surface area (Å²) in [7, 11) is 0. The first-order valence-electron chi connectivity index (χ1n) is 7.75. The molecule has 120 valence electrons. The summed E-state index contributed by atoms with van der Waals surface area (Å²) in [5, 5.41) is 4.34. The van der Waals surface area contributed by atoms with Gasteiger partial charge in [0.05, 0.1) is 4.47 Å². The Kier molecular flexibility index (Phi) is 3.90. The van der Waals surface area contributed by atoms with E-state index >= 15 is 0 Å². The third kappa shape index (κ3) is 2.85. The molecular formula is C18H15BrN4O. The molecule has 6 heteroatoms. The Balaban J connectivity index is 1.54. The van der Waals surface area contributed by atoms with Gasteiger partial charge < -0.3 is 4.90 Å². The van der Waals surface area contributed by atoms with Gasteiger partial charge in [0.25, 0.3) is 5.91 Å². The molecule has 0 bridgehead atoms. The molecule has 0 N–H and O–H groups in total. The summed E-state index contributed by atoms with van der Waals surface area (Å²) in [5.74, 6) is -0.0556. The summed E-state index contributed by atoms with van der Waals surface area (Å²) in [4.78, 5) is 18.8. The fourth-order valence-corrected chi connectivity index (χ4v) is 3.18. The van der Waals surface area contributed by atoms with Crippen LogP contribution in [0, 0.1) is 0 Å². The molecule has 0 radical (unpaired) electrons. The molecule has 3 heterocycles. The summed E-state index contributed by atoms with van der Waals surface area (Å²) in [5.41, 5.74) is 3.61. The number of hydrogen-bond acceptors (Lipinski definition) is 3. The molecule has 0 saturated heterocycles. The Morgan fingerprint density at radius 2 is 2.04 bits per heavy atom. The topological polar surface area (TPSA) is 50.5 Å². The smallest absolute Gasteiger partial charge is 0.274 e. The van der Waals surface area contributed by atoms with Gasteiger partial charge in [0, 0.05) is 31.5 Å². The van der Waals surface area contributed by atoms with Crippen LogP contribution in [-0.2, 0) is 0 Å². The predicted molar refractivity (Wildman–Crippen MR) is 95.6 cm³/mol. The van der Waals surface area contributed by atoms with Crippen molar-refractivity contribution in [2.75, 3.05) is 13.1 Å². The first kappa shape index (κ1) is 15.1. The summed E-state index contributed by atoms with van der Waals surface area (Å²) < 4.78 is 2.44. The fraction of sp³-hybridized carbons (Fsp3) is 0.167. The van der Waals surface area contributed by atoms with Crippen LogP contribution in [-0.4, -0.2) is 38.5 Å². The molecule has 0 saturated carbocycles. The largest absolute Gasteiger partial charge is 0.333 e. The van der Waals surface area contributed by atoms with Crippen LogP contribution >= 0.6 is 15.9 Å². The molecule has 1 aromatic carbocycles. The molecular weight excluding hydrogens is 368 g/mol. The number of amides is 1. The highest BCUT2D eigenvalue weighted by Crippen LogP contribution is 2.23. The minimum atomic E-state index is -0.0556. The molecule has 24 heavy (non-hydrogen) atoms. The molecule has 1 amide bonds. The molecule has 0 fully saturated rings. The SMILES string of the molecule is O=C(c1cc2ncc(Br)cn2n1)N1CC=C(c2ccccc2)CC1. The second-order valence-corrected chi connectivity index (χ2v) is 6.62. The van der Waals surface area contributed by atoms with Gasteiger partial charge in [0.15, 0.2) is 11.3 Å². The van der Waals surface area contributed by atoms with E-state index in [1.807, 2.05) is 23.1 Å². The van der Waals surface area contributed by atoms with Crippen LogP contribution in [0.1, 0.15) is 22.5 Å². The third-order valence-corrected chi connectivity index (χ3v) is 4.55. The number of fused-ring (bicyclic) bond motifs is 1. The number of carbonyl (C=O) groups is 1. The highest BCUT2D eigenvalue weighted by Gasteiger charge is 2.21. The van der Waals surface area contributed by atoms with E-state index in [9.17, 15) is 4.79 Å². The van der Waals surface area contributed by atoms with Gasteiger partial charge in [-0.05, 0) is 33.5 Å². The average Bonchev–Trinajstić information content (AvgIpc) is 3.05. The molecule has 0 atom stereocenters. The lowest BCUT2D eigenvalue weighted by Crippen LogP contribution is -2.34. The average molecular weight is 383 g/mol. The highest BCUT2D eigenvalue weighted by atomic mass is 79.9. The maximum Gasteiger partial charge on any atom is 0.274 e. The van der Waals surface area contributed by atoms with Crippen molar-refractivity contribution in [2.24, 2.45) is 0 Å². The van der Waals surface area contributed by atoms with E-state index in [1.165, 1.54) is 11.1 Å². The summed E-state index contributed by atoms with van der Waals surface area (Å²) in [6, 6.07) is 12.0. The van der Waals surface area contributed by atoms with Crippen LogP contribution in [0.5, 0.6) is 0 Å². The maximum atomic E-state index is 12.7. The van der Waals surface area contributed by atoms with E-state index < -0.39 is 0 Å². The lowest BCUT2D eigenvalue weighted by molar-refractivity contribution is 0.0766. The van der Waals surface area contributed by atoms with E-state index in [1.54, 1.807) is 23.0 Å². The number of benzene rings is 1. The van der Waals surface area contributed by atoms with Crippen LogP contribution < -0.4 is 0 Å². The first-order chi connectivity index (χ1) is 11.7. The van der Waals surface area contributed by atoms with Gasteiger partial charge >= 0.3 is 0 Å². The second kappa shape index (κ2) is 6.20. The van der Waals surface area contributed by atoms with Gasteiger partial charge in [-0.15, -0.1) is 0 Å². The zero-order valence-corrected chi connectivity index (χ0v) is 14.5. The molecule has 5 nitrogen and oxygen atoms in total. The third-order valence-electron chi connectivity index (χ3n) is 4.14. The Morgan fingerprint density at radius 3 is 2.79 bits per heavy atom. The van der Waals surface area contributed by atoms with Gasteiger partial charge in [-0.1, -0.05) is 36.4 Å². The zero-order valence-electron chi connectivity index (χ0n) is 12.9. The standard InChI is InChI=1S/C18H15BrN4O/c19-15-11-20-17-10-16(21-23(17)12-15)18(24)22-8-6-14(7-9-22)13-4-2-1-3-5-13/h1-6,10-12H,7-9H2. The van der Waals surface area contributed by atoms with Gasteiger partial charge in [-0.2, -0.15) is 5.10 Å². The number of hydrogen-bond donors (Lipinski definition) is 0. The summed E-state index contributed by atoms with van der Waals surface area (Å²) >= 11 is 3.36. The maximum absolute atomic E-state index is 12.7. The van der Waals surface area contributed by atoms with Crippen molar-refractivity contribution in [1.82, 2.24) is 19.5 Å². The Bertz CT molecular complexity index is 933. The molecule has 0 spiro atoms. The predicted octanol–water partition coefficient (Wildman–Crippen LogP) is 3.42. The molecule has 4 rings (SSSR count). The monoisotopic (exact) mass is 382 g/mol. The van der Waals surface area contributed by atoms with Crippen LogP contribution in [0.3, 0.4) is 0 Å². The van der Waals surface area contributed by atoms with Crippen molar-refractivity contribution in [2.45, 2.75) is 6.42 Å². The molecule has 2 aromatic heterocycles. The molecule has 0 aliphatic carbocycles. The van der Waals surface area contributed by atoms with Crippen LogP contribution in [0.4, 0.5) is 0 Å². The van der Waals surface area contributed by atoms with E-state index in [2.05, 4.69) is 44.2 Å². The minimum Gasteiger partial charge on any atom is -0.333 e. The van der Waals surface area contributed by atoms with Crippen molar-refractivity contribution in [3.63, 3.8) is 0 Å². The Hall–Kier alpha value is -2.47. The van der Waals surface area contributed by atoms with Gasteiger partial charge in [-0.3, -0.25) is 4.79 Å². The van der Waals surface area contributed by atoms with Gasteiger partial charge in [0.2, 0.25) is 0 Å². The lowest BCUT2D eigenvalue weighted by atomic mass is 9.99. The quantitative estimate of drug-likeness (QED) is 0.682. The van der Waals surface area contributed by atoms with Crippen molar-refractivity contribution in [1.29, 1.82) is 0 Å². The van der Waals surface area contributed by atoms with Crippen molar-refractivity contribution < 1.29 is 4.79 Å². The molecule has 3 aromatic rings. The number of halogens is 1. The van der Waals surface area contributed by atoms with Crippen LogP contribution in [0.2, 0.25) is 0 Å². The van der Waals surface area contributed by atoms with Crippen molar-refractivity contribution in [3.05, 3.63) is 70.6 Å². The van der Waals surface area contributed by atoms with E-state index in [-0.39, 0.29) is 5.91 Å². The Labute approximate surface area is 147 Å². The number of carbonyl (C=O) groups excluding carboxylic acids is 1. The molecule has 0 unspecified atom stereocenters.